The third kappa shape index (κ3) is 1.97. The number of nitrogens with one attached hydrogen (secondary N) is 1. The van der Waals surface area contributed by atoms with Crippen LogP contribution in [0.1, 0.15) is 12.0 Å². The zero-order chi connectivity index (χ0) is 13.6. The van der Waals surface area contributed by atoms with Gasteiger partial charge in [-0.05, 0) is 25.0 Å². The van der Waals surface area contributed by atoms with Crippen LogP contribution < -0.4 is 11.1 Å². The van der Waals surface area contributed by atoms with Crippen LogP contribution in [-0.4, -0.2) is 29.7 Å². The van der Waals surface area contributed by atoms with E-state index in [0.29, 0.717) is 11.6 Å². The molecule has 6 nitrogen and oxygen atoms in total. The molecule has 1 saturated heterocycles. The van der Waals surface area contributed by atoms with Crippen LogP contribution in [0.25, 0.3) is 0 Å². The lowest BCUT2D eigenvalue weighted by Gasteiger charge is -2.46. The average Bonchev–Trinajstić information content (AvgIpc) is 2.80. The molecule has 19 heavy (non-hydrogen) atoms. The van der Waals surface area contributed by atoms with Gasteiger partial charge in [0, 0.05) is 24.6 Å². The van der Waals surface area contributed by atoms with Crippen LogP contribution in [0.15, 0.2) is 18.2 Å². The topological polar surface area (TPSA) is 90.4 Å². The number of nitro benzene ring substituents is 1. The molecule has 1 aliphatic carbocycles. The lowest BCUT2D eigenvalue weighted by Crippen LogP contribution is -2.65. The van der Waals surface area contributed by atoms with Crippen LogP contribution in [-0.2, 0) is 4.74 Å². The molecule has 102 valence electrons. The minimum absolute atomic E-state index is 0.00705. The Labute approximate surface area is 111 Å². The first-order valence-corrected chi connectivity index (χ1v) is 6.46. The highest BCUT2D eigenvalue weighted by molar-refractivity contribution is 5.63. The van der Waals surface area contributed by atoms with Crippen molar-refractivity contribution in [3.8, 4) is 0 Å². The molecule has 1 saturated carbocycles. The fourth-order valence-electron chi connectivity index (χ4n) is 3.03. The molecule has 0 radical (unpaired) electrons. The monoisotopic (exact) mass is 263 g/mol. The maximum atomic E-state index is 11.0. The van der Waals surface area contributed by atoms with Gasteiger partial charge in [-0.1, -0.05) is 6.07 Å². The van der Waals surface area contributed by atoms with Gasteiger partial charge < -0.3 is 15.8 Å². The smallest absolute Gasteiger partial charge is 0.292 e. The highest BCUT2D eigenvalue weighted by Gasteiger charge is 2.52. The zero-order valence-electron chi connectivity index (χ0n) is 10.7. The Hall–Kier alpha value is -1.66. The molecule has 4 atom stereocenters. The van der Waals surface area contributed by atoms with Gasteiger partial charge in [0.2, 0.25) is 0 Å². The lowest BCUT2D eigenvalue weighted by atomic mass is 9.72. The summed E-state index contributed by atoms with van der Waals surface area (Å²) in [5.74, 6) is 0.390. The number of aryl methyl sites for hydroxylation is 1. The number of nitrogens with two attached hydrogens (primary N) is 1. The van der Waals surface area contributed by atoms with Crippen molar-refractivity contribution >= 4 is 11.4 Å². The van der Waals surface area contributed by atoms with E-state index in [1.807, 2.05) is 6.92 Å². The maximum Gasteiger partial charge on any atom is 0.292 e. The molecule has 2 fully saturated rings. The molecule has 2 aliphatic rings. The standard InChI is InChI=1S/C13H17N3O3/c1-7-2-3-10(16(17)18)9(6-7)15-12-11(14)8-4-5-19-13(8)12/h2-3,6,8,11-13,15H,4-5,14H2,1H3. The summed E-state index contributed by atoms with van der Waals surface area (Å²) in [6.07, 6.45) is 1.08. The van der Waals surface area contributed by atoms with Crippen LogP contribution in [0.3, 0.4) is 0 Å². The molecule has 3 N–H and O–H groups in total. The molecule has 6 heteroatoms. The first-order valence-electron chi connectivity index (χ1n) is 6.46. The fourth-order valence-corrected chi connectivity index (χ4v) is 3.03. The second kappa shape index (κ2) is 4.47. The predicted octanol–water partition coefficient (Wildman–Crippen LogP) is 1.43. The second-order valence-corrected chi connectivity index (χ2v) is 5.31. The summed E-state index contributed by atoms with van der Waals surface area (Å²) in [6.45, 7) is 2.64. The molecule has 1 aromatic rings. The number of fused-ring (bicyclic) bond motifs is 1. The molecule has 4 unspecified atom stereocenters. The van der Waals surface area contributed by atoms with Gasteiger partial charge in [-0.15, -0.1) is 0 Å². The molecule has 1 aliphatic heterocycles. The highest BCUT2D eigenvalue weighted by atomic mass is 16.6. The third-order valence-corrected chi connectivity index (χ3v) is 4.12. The van der Waals surface area contributed by atoms with E-state index in [4.69, 9.17) is 10.5 Å². The van der Waals surface area contributed by atoms with Crippen LogP contribution in [0.2, 0.25) is 0 Å². The summed E-state index contributed by atoms with van der Waals surface area (Å²) in [4.78, 5) is 10.7. The summed E-state index contributed by atoms with van der Waals surface area (Å²) < 4.78 is 5.63. The number of hydrogen-bond donors (Lipinski definition) is 2. The first kappa shape index (κ1) is 12.4. The van der Waals surface area contributed by atoms with Crippen molar-refractivity contribution in [3.05, 3.63) is 33.9 Å². The molecule has 1 aromatic carbocycles. The number of ether oxygens (including phenoxy) is 1. The van der Waals surface area contributed by atoms with Gasteiger partial charge in [-0.3, -0.25) is 10.1 Å². The van der Waals surface area contributed by atoms with E-state index in [2.05, 4.69) is 5.32 Å². The van der Waals surface area contributed by atoms with Crippen molar-refractivity contribution in [3.63, 3.8) is 0 Å². The minimum atomic E-state index is -0.376. The molecule has 1 heterocycles. The van der Waals surface area contributed by atoms with Gasteiger partial charge >= 0.3 is 0 Å². The lowest BCUT2D eigenvalue weighted by molar-refractivity contribution is -0.384. The summed E-state index contributed by atoms with van der Waals surface area (Å²) in [5.41, 5.74) is 7.69. The summed E-state index contributed by atoms with van der Waals surface area (Å²) >= 11 is 0. The van der Waals surface area contributed by atoms with Crippen LogP contribution >= 0.6 is 0 Å². The number of hydrogen-bond acceptors (Lipinski definition) is 5. The largest absolute Gasteiger partial charge is 0.376 e. The summed E-state index contributed by atoms with van der Waals surface area (Å²) in [5, 5.41) is 14.2. The Kier molecular flexibility index (Phi) is 2.91. The van der Waals surface area contributed by atoms with E-state index in [1.54, 1.807) is 12.1 Å². The van der Waals surface area contributed by atoms with Gasteiger partial charge in [0.25, 0.3) is 5.69 Å². The first-order chi connectivity index (χ1) is 9.08. The van der Waals surface area contributed by atoms with Gasteiger partial charge in [-0.2, -0.15) is 0 Å². The number of nitrogens with zero attached hydrogens (tertiary/aromatic N) is 1. The Morgan fingerprint density at radius 3 is 3.05 bits per heavy atom. The van der Waals surface area contributed by atoms with E-state index in [1.165, 1.54) is 6.07 Å². The highest BCUT2D eigenvalue weighted by Crippen LogP contribution is 2.40. The van der Waals surface area contributed by atoms with Gasteiger partial charge in [0.1, 0.15) is 5.69 Å². The van der Waals surface area contributed by atoms with E-state index >= 15 is 0 Å². The number of nitro groups is 1. The molecular weight excluding hydrogens is 246 g/mol. The number of anilines is 1. The Morgan fingerprint density at radius 2 is 2.32 bits per heavy atom. The zero-order valence-corrected chi connectivity index (χ0v) is 10.7. The second-order valence-electron chi connectivity index (χ2n) is 5.31. The van der Waals surface area contributed by atoms with Gasteiger partial charge in [-0.25, -0.2) is 0 Å². The molecule has 0 bridgehead atoms. The van der Waals surface area contributed by atoms with Crippen molar-refractivity contribution < 1.29 is 9.66 Å². The van der Waals surface area contributed by atoms with E-state index in [9.17, 15) is 10.1 Å². The van der Waals surface area contributed by atoms with E-state index < -0.39 is 0 Å². The van der Waals surface area contributed by atoms with Crippen molar-refractivity contribution in [1.82, 2.24) is 0 Å². The predicted molar refractivity (Wildman–Crippen MR) is 71.1 cm³/mol. The normalized spacial score (nSPS) is 32.5. The van der Waals surface area contributed by atoms with Crippen molar-refractivity contribution in [1.29, 1.82) is 0 Å². The van der Waals surface area contributed by atoms with Crippen LogP contribution in [0.4, 0.5) is 11.4 Å². The number of benzene rings is 1. The maximum absolute atomic E-state index is 11.0. The van der Waals surface area contributed by atoms with Crippen LogP contribution in [0.5, 0.6) is 0 Å². The van der Waals surface area contributed by atoms with Gasteiger partial charge in [0.05, 0.1) is 17.1 Å². The van der Waals surface area contributed by atoms with Gasteiger partial charge in [0.15, 0.2) is 0 Å². The summed E-state index contributed by atoms with van der Waals surface area (Å²) in [6, 6.07) is 5.02. The Morgan fingerprint density at radius 1 is 1.53 bits per heavy atom. The van der Waals surface area contributed by atoms with E-state index in [0.717, 1.165) is 18.6 Å². The van der Waals surface area contributed by atoms with Crippen molar-refractivity contribution in [2.75, 3.05) is 11.9 Å². The quantitative estimate of drug-likeness (QED) is 0.636. The van der Waals surface area contributed by atoms with Crippen LogP contribution in [0, 0.1) is 23.0 Å². The molecule has 0 aromatic heterocycles. The molecule has 3 rings (SSSR count). The minimum Gasteiger partial charge on any atom is -0.376 e. The molecular formula is C13H17N3O3. The number of rotatable bonds is 3. The van der Waals surface area contributed by atoms with Crippen molar-refractivity contribution in [2.45, 2.75) is 31.5 Å². The van der Waals surface area contributed by atoms with E-state index in [-0.39, 0.29) is 28.8 Å². The fraction of sp³-hybridized carbons (Fsp3) is 0.538. The third-order valence-electron chi connectivity index (χ3n) is 4.12. The summed E-state index contributed by atoms with van der Waals surface area (Å²) in [7, 11) is 0. The van der Waals surface area contributed by atoms with Crippen molar-refractivity contribution in [2.24, 2.45) is 11.7 Å². The Bertz CT molecular complexity index is 520. The molecule has 0 amide bonds. The average molecular weight is 263 g/mol. The molecule has 0 spiro atoms. The SMILES string of the molecule is Cc1ccc([N+](=O)[O-])c(NC2C(N)C3CCOC32)c1. The Balaban J connectivity index is 1.83.